The molecule has 0 fully saturated rings. The Kier molecular flexibility index (Phi) is 2.79. The van der Waals surface area contributed by atoms with E-state index in [9.17, 15) is 0 Å². The minimum Gasteiger partial charge on any atom is -0.329 e. The molecule has 78 valence electrons. The minimum absolute atomic E-state index is 0. The largest absolute Gasteiger partial charge is 0.329 e. The zero-order valence-electron chi connectivity index (χ0n) is 8.25. The zero-order valence-corrected chi connectivity index (χ0v) is 9.07. The molecule has 0 radical (unpaired) electrons. The smallest absolute Gasteiger partial charge is 0.123 e. The highest BCUT2D eigenvalue weighted by atomic mass is 35.5. The van der Waals surface area contributed by atoms with Gasteiger partial charge in [0.15, 0.2) is 0 Å². The summed E-state index contributed by atoms with van der Waals surface area (Å²) in [5.74, 6) is 1.26. The zero-order chi connectivity index (χ0) is 8.67. The van der Waals surface area contributed by atoms with E-state index in [1.807, 2.05) is 0 Å². The van der Waals surface area contributed by atoms with Crippen LogP contribution in [0.2, 0.25) is 0 Å². The van der Waals surface area contributed by atoms with E-state index >= 15 is 0 Å². The SMILES string of the molecule is C1CCc2c(nc3n2CCNC3)C1.Cl. The van der Waals surface area contributed by atoms with Crippen molar-refractivity contribution in [2.24, 2.45) is 0 Å². The molecule has 0 atom stereocenters. The third-order valence-electron chi connectivity index (χ3n) is 3.11. The Labute approximate surface area is 90.3 Å². The molecule has 1 aliphatic heterocycles. The van der Waals surface area contributed by atoms with Gasteiger partial charge in [-0.2, -0.15) is 0 Å². The van der Waals surface area contributed by atoms with Crippen LogP contribution in [0.4, 0.5) is 0 Å². The van der Waals surface area contributed by atoms with Gasteiger partial charge in [0, 0.05) is 18.8 Å². The van der Waals surface area contributed by atoms with Crippen LogP contribution in [-0.2, 0) is 25.9 Å². The molecule has 4 heteroatoms. The maximum absolute atomic E-state index is 4.69. The van der Waals surface area contributed by atoms with Crippen molar-refractivity contribution < 1.29 is 0 Å². The number of hydrogen-bond acceptors (Lipinski definition) is 2. The first kappa shape index (κ1) is 9.99. The van der Waals surface area contributed by atoms with Crippen LogP contribution in [0.3, 0.4) is 0 Å². The molecule has 0 saturated carbocycles. The summed E-state index contributed by atoms with van der Waals surface area (Å²) < 4.78 is 2.44. The number of halogens is 1. The molecule has 0 aromatic carbocycles. The highest BCUT2D eigenvalue weighted by molar-refractivity contribution is 5.85. The average molecular weight is 214 g/mol. The Hall–Kier alpha value is -0.540. The molecule has 1 N–H and O–H groups in total. The highest BCUT2D eigenvalue weighted by Gasteiger charge is 2.20. The maximum atomic E-state index is 4.69. The van der Waals surface area contributed by atoms with Gasteiger partial charge in [0.05, 0.1) is 12.2 Å². The molecule has 0 unspecified atom stereocenters. The number of fused-ring (bicyclic) bond motifs is 3. The Morgan fingerprint density at radius 3 is 3.00 bits per heavy atom. The van der Waals surface area contributed by atoms with E-state index in [1.165, 1.54) is 42.9 Å². The van der Waals surface area contributed by atoms with E-state index in [0.29, 0.717) is 0 Å². The fraction of sp³-hybridized carbons (Fsp3) is 0.700. The van der Waals surface area contributed by atoms with Crippen molar-refractivity contribution in [3.05, 3.63) is 17.2 Å². The molecule has 0 spiro atoms. The van der Waals surface area contributed by atoms with E-state index in [1.54, 1.807) is 0 Å². The molecular weight excluding hydrogens is 198 g/mol. The molecule has 0 saturated heterocycles. The molecule has 3 nitrogen and oxygen atoms in total. The predicted molar refractivity (Wildman–Crippen MR) is 57.8 cm³/mol. The lowest BCUT2D eigenvalue weighted by atomic mass is 10.0. The Balaban J connectivity index is 0.000000750. The standard InChI is InChI=1S/C10H15N3.ClH/c1-2-4-9-8(3-1)12-10-7-11-5-6-13(9)10;/h11H,1-7H2;1H. The van der Waals surface area contributed by atoms with E-state index in [0.717, 1.165) is 19.6 Å². The topological polar surface area (TPSA) is 29.9 Å². The quantitative estimate of drug-likeness (QED) is 0.704. The summed E-state index contributed by atoms with van der Waals surface area (Å²) in [5, 5.41) is 3.37. The van der Waals surface area contributed by atoms with Gasteiger partial charge in [0.1, 0.15) is 5.82 Å². The third kappa shape index (κ3) is 1.44. The second kappa shape index (κ2) is 3.91. The summed E-state index contributed by atoms with van der Waals surface area (Å²) in [5.41, 5.74) is 2.91. The molecule has 0 amide bonds. The molecule has 2 heterocycles. The van der Waals surface area contributed by atoms with E-state index in [-0.39, 0.29) is 12.4 Å². The summed E-state index contributed by atoms with van der Waals surface area (Å²) in [6.45, 7) is 3.19. The van der Waals surface area contributed by atoms with E-state index < -0.39 is 0 Å². The Morgan fingerprint density at radius 2 is 2.07 bits per heavy atom. The van der Waals surface area contributed by atoms with Crippen LogP contribution in [0.15, 0.2) is 0 Å². The van der Waals surface area contributed by atoms with Crippen LogP contribution >= 0.6 is 12.4 Å². The fourth-order valence-electron chi connectivity index (χ4n) is 2.45. The van der Waals surface area contributed by atoms with Crippen LogP contribution < -0.4 is 5.32 Å². The summed E-state index contributed by atoms with van der Waals surface area (Å²) in [6, 6.07) is 0. The first-order valence-electron chi connectivity index (χ1n) is 5.23. The van der Waals surface area contributed by atoms with Gasteiger partial charge < -0.3 is 9.88 Å². The van der Waals surface area contributed by atoms with Crippen molar-refractivity contribution in [3.63, 3.8) is 0 Å². The van der Waals surface area contributed by atoms with Crippen LogP contribution in [-0.4, -0.2) is 16.1 Å². The summed E-state index contributed by atoms with van der Waals surface area (Å²) in [7, 11) is 0. The van der Waals surface area contributed by atoms with Crippen molar-refractivity contribution in [1.29, 1.82) is 0 Å². The number of aromatic nitrogens is 2. The third-order valence-corrected chi connectivity index (χ3v) is 3.11. The average Bonchev–Trinajstić information content (AvgIpc) is 2.56. The monoisotopic (exact) mass is 213 g/mol. The second-order valence-electron chi connectivity index (χ2n) is 3.96. The molecule has 3 rings (SSSR count). The molecule has 2 aliphatic rings. The molecule has 0 bridgehead atoms. The van der Waals surface area contributed by atoms with Crippen LogP contribution in [0.5, 0.6) is 0 Å². The second-order valence-corrected chi connectivity index (χ2v) is 3.96. The lowest BCUT2D eigenvalue weighted by molar-refractivity contribution is 0.488. The van der Waals surface area contributed by atoms with Gasteiger partial charge >= 0.3 is 0 Å². The van der Waals surface area contributed by atoms with Gasteiger partial charge in [-0.25, -0.2) is 4.98 Å². The van der Waals surface area contributed by atoms with E-state index in [4.69, 9.17) is 4.98 Å². The van der Waals surface area contributed by atoms with Gasteiger partial charge in [0.25, 0.3) is 0 Å². The fourth-order valence-corrected chi connectivity index (χ4v) is 2.45. The molecular formula is C10H16ClN3. The van der Waals surface area contributed by atoms with Gasteiger partial charge in [-0.05, 0) is 25.7 Å². The normalized spacial score (nSPS) is 19.4. The lowest BCUT2D eigenvalue weighted by Crippen LogP contribution is -2.29. The van der Waals surface area contributed by atoms with Gasteiger partial charge in [-0.1, -0.05) is 0 Å². The van der Waals surface area contributed by atoms with Crippen molar-refractivity contribution in [2.45, 2.75) is 38.8 Å². The van der Waals surface area contributed by atoms with Crippen molar-refractivity contribution in [1.82, 2.24) is 14.9 Å². The van der Waals surface area contributed by atoms with Crippen LogP contribution in [0.1, 0.15) is 30.1 Å². The van der Waals surface area contributed by atoms with Crippen molar-refractivity contribution in [2.75, 3.05) is 6.54 Å². The Morgan fingerprint density at radius 1 is 1.21 bits per heavy atom. The number of hydrogen-bond donors (Lipinski definition) is 1. The van der Waals surface area contributed by atoms with Crippen molar-refractivity contribution >= 4 is 12.4 Å². The summed E-state index contributed by atoms with van der Waals surface area (Å²) in [4.78, 5) is 4.69. The molecule has 1 aromatic heterocycles. The summed E-state index contributed by atoms with van der Waals surface area (Å²) >= 11 is 0. The lowest BCUT2D eigenvalue weighted by Gasteiger charge is -2.18. The number of aryl methyl sites for hydroxylation is 1. The summed E-state index contributed by atoms with van der Waals surface area (Å²) in [6.07, 6.45) is 5.14. The molecule has 14 heavy (non-hydrogen) atoms. The van der Waals surface area contributed by atoms with Crippen LogP contribution in [0, 0.1) is 0 Å². The van der Waals surface area contributed by atoms with Crippen LogP contribution in [0.25, 0.3) is 0 Å². The Bertz CT molecular complexity index is 302. The minimum atomic E-state index is 0. The van der Waals surface area contributed by atoms with Gasteiger partial charge in [0.2, 0.25) is 0 Å². The molecule has 1 aromatic rings. The van der Waals surface area contributed by atoms with Crippen molar-refractivity contribution in [3.8, 4) is 0 Å². The maximum Gasteiger partial charge on any atom is 0.123 e. The van der Waals surface area contributed by atoms with Gasteiger partial charge in [-0.3, -0.25) is 0 Å². The predicted octanol–water partition coefficient (Wildman–Crippen LogP) is 1.29. The first-order chi connectivity index (χ1) is 6.45. The van der Waals surface area contributed by atoms with E-state index in [2.05, 4.69) is 9.88 Å². The highest BCUT2D eigenvalue weighted by Crippen LogP contribution is 2.22. The number of imidazole rings is 1. The van der Waals surface area contributed by atoms with Gasteiger partial charge in [-0.15, -0.1) is 12.4 Å². The molecule has 1 aliphatic carbocycles. The number of nitrogens with one attached hydrogen (secondary N) is 1. The first-order valence-corrected chi connectivity index (χ1v) is 5.23. The number of nitrogens with zero attached hydrogens (tertiary/aromatic N) is 2. The number of rotatable bonds is 0.